The van der Waals surface area contributed by atoms with Gasteiger partial charge in [-0.05, 0) is 42.5 Å². The molecule has 0 saturated carbocycles. The second-order valence-electron chi connectivity index (χ2n) is 6.31. The predicted molar refractivity (Wildman–Crippen MR) is 105 cm³/mol. The van der Waals surface area contributed by atoms with Crippen LogP contribution in [-0.2, 0) is 16.1 Å². The summed E-state index contributed by atoms with van der Waals surface area (Å²) in [5.41, 5.74) is 2.72. The summed E-state index contributed by atoms with van der Waals surface area (Å²) in [6.07, 6.45) is 3.61. The van der Waals surface area contributed by atoms with E-state index in [1.807, 2.05) is 18.2 Å². The van der Waals surface area contributed by atoms with Gasteiger partial charge in [-0.2, -0.15) is 10.4 Å². The van der Waals surface area contributed by atoms with Crippen LogP contribution in [-0.4, -0.2) is 21.6 Å². The van der Waals surface area contributed by atoms with Crippen LogP contribution in [0.1, 0.15) is 17.5 Å². The number of nitriles is 1. The molecule has 0 radical (unpaired) electrons. The minimum absolute atomic E-state index is 0.145. The molecule has 0 saturated heterocycles. The van der Waals surface area contributed by atoms with E-state index in [0.717, 1.165) is 0 Å². The Morgan fingerprint density at radius 3 is 2.59 bits per heavy atom. The molecule has 0 spiro atoms. The lowest BCUT2D eigenvalue weighted by atomic mass is 10.1. The lowest BCUT2D eigenvalue weighted by molar-refractivity contribution is -0.129. The maximum absolute atomic E-state index is 13.3. The van der Waals surface area contributed by atoms with Gasteiger partial charge in [-0.3, -0.25) is 4.68 Å². The summed E-state index contributed by atoms with van der Waals surface area (Å²) in [5.74, 6) is -0.672. The average molecular weight is 386 g/mol. The van der Waals surface area contributed by atoms with E-state index in [2.05, 4.69) is 16.2 Å². The molecule has 1 aliphatic heterocycles. The number of carbonyl (C=O) groups excluding carboxylic acids is 1. The smallest absolute Gasteiger partial charge is 0.363 e. The van der Waals surface area contributed by atoms with Crippen LogP contribution in [0, 0.1) is 17.1 Å². The third-order valence-corrected chi connectivity index (χ3v) is 4.29. The van der Waals surface area contributed by atoms with Crippen molar-refractivity contribution < 1.29 is 13.9 Å². The minimum Gasteiger partial charge on any atom is -0.402 e. The molecule has 7 heteroatoms. The van der Waals surface area contributed by atoms with Crippen LogP contribution in [0.5, 0.6) is 0 Å². The highest BCUT2D eigenvalue weighted by Crippen LogP contribution is 2.27. The lowest BCUT2D eigenvalue weighted by Crippen LogP contribution is -2.04. The molecule has 0 bridgehead atoms. The largest absolute Gasteiger partial charge is 0.402 e. The van der Waals surface area contributed by atoms with Gasteiger partial charge >= 0.3 is 5.97 Å². The zero-order valence-corrected chi connectivity index (χ0v) is 15.2. The molecule has 1 aromatic heterocycles. The van der Waals surface area contributed by atoms with Crippen LogP contribution in [0.4, 0.5) is 4.39 Å². The normalized spacial score (nSPS) is 14.6. The summed E-state index contributed by atoms with van der Waals surface area (Å²) in [6.45, 7) is 0.400. The van der Waals surface area contributed by atoms with Crippen LogP contribution in [0.15, 0.2) is 71.5 Å². The number of cyclic esters (lactones) is 1. The summed E-state index contributed by atoms with van der Waals surface area (Å²) in [4.78, 5) is 16.6. The lowest BCUT2D eigenvalue weighted by Gasteiger charge is -1.99. The van der Waals surface area contributed by atoms with E-state index in [1.54, 1.807) is 41.2 Å². The van der Waals surface area contributed by atoms with Crippen molar-refractivity contribution in [1.82, 2.24) is 9.78 Å². The molecule has 2 aromatic carbocycles. The van der Waals surface area contributed by atoms with E-state index in [4.69, 9.17) is 10.00 Å². The number of halogens is 1. The number of aromatic nitrogens is 2. The number of hydrogen-bond donors (Lipinski definition) is 0. The van der Waals surface area contributed by atoms with Crippen LogP contribution in [0.25, 0.3) is 17.3 Å². The Labute approximate surface area is 166 Å². The number of rotatable bonds is 5. The topological polar surface area (TPSA) is 80.3 Å². The Morgan fingerprint density at radius 2 is 1.86 bits per heavy atom. The number of aliphatic imine (C=N–C) groups is 1. The number of hydrogen-bond acceptors (Lipinski definition) is 5. The average Bonchev–Trinajstić information content (AvgIpc) is 3.31. The highest BCUT2D eigenvalue weighted by molar-refractivity contribution is 6.13. The molecule has 142 valence electrons. The van der Waals surface area contributed by atoms with Crippen molar-refractivity contribution in [2.45, 2.75) is 13.0 Å². The summed E-state index contributed by atoms with van der Waals surface area (Å²) < 4.78 is 20.2. The monoisotopic (exact) mass is 386 g/mol. The van der Waals surface area contributed by atoms with Gasteiger partial charge in [0.25, 0.3) is 0 Å². The number of aryl methyl sites for hydroxylation is 1. The van der Waals surface area contributed by atoms with Crippen molar-refractivity contribution in [2.24, 2.45) is 4.99 Å². The summed E-state index contributed by atoms with van der Waals surface area (Å²) >= 11 is 0. The number of carbonyl (C=O) groups is 1. The molecular weight excluding hydrogens is 371 g/mol. The predicted octanol–water partition coefficient (Wildman–Crippen LogP) is 3.95. The van der Waals surface area contributed by atoms with Crippen molar-refractivity contribution in [3.05, 3.63) is 83.4 Å². The Bertz CT molecular complexity index is 1160. The van der Waals surface area contributed by atoms with Gasteiger partial charge in [0.2, 0.25) is 5.90 Å². The first-order valence-corrected chi connectivity index (χ1v) is 8.92. The fourth-order valence-electron chi connectivity index (χ4n) is 2.91. The standard InChI is InChI=1S/C22H15FN4O2/c23-18-9-7-15(8-10-18)20-17(14-27(26-20)12-4-11-24)13-19-22(28)29-21(25-19)16-5-2-1-3-6-16/h1-3,5-10,13-14H,4,12H2. The molecule has 0 unspecified atom stereocenters. The van der Waals surface area contributed by atoms with E-state index < -0.39 is 5.97 Å². The van der Waals surface area contributed by atoms with Gasteiger partial charge in [0.1, 0.15) is 5.82 Å². The van der Waals surface area contributed by atoms with E-state index in [0.29, 0.717) is 35.3 Å². The van der Waals surface area contributed by atoms with Gasteiger partial charge in [-0.15, -0.1) is 0 Å². The maximum atomic E-state index is 13.3. The Morgan fingerprint density at radius 1 is 1.10 bits per heavy atom. The van der Waals surface area contributed by atoms with Crippen molar-refractivity contribution in [2.75, 3.05) is 0 Å². The zero-order chi connectivity index (χ0) is 20.2. The number of benzene rings is 2. The van der Waals surface area contributed by atoms with Crippen LogP contribution in [0.3, 0.4) is 0 Å². The van der Waals surface area contributed by atoms with Gasteiger partial charge in [0.15, 0.2) is 5.70 Å². The first kappa shape index (κ1) is 18.3. The second kappa shape index (κ2) is 7.90. The molecule has 0 N–H and O–H groups in total. The molecule has 2 heterocycles. The first-order valence-electron chi connectivity index (χ1n) is 8.92. The van der Waals surface area contributed by atoms with Gasteiger partial charge in [-0.1, -0.05) is 18.2 Å². The molecule has 0 amide bonds. The zero-order valence-electron chi connectivity index (χ0n) is 15.2. The van der Waals surface area contributed by atoms with Crippen molar-refractivity contribution in [1.29, 1.82) is 5.26 Å². The molecule has 0 aliphatic carbocycles. The molecular formula is C22H15FN4O2. The minimum atomic E-state index is -0.557. The SMILES string of the molecule is N#CCCn1cc(C=C2N=C(c3ccccc3)OC2=O)c(-c2ccc(F)cc2)n1. The number of esters is 1. The van der Waals surface area contributed by atoms with Gasteiger partial charge in [0, 0.05) is 22.9 Å². The molecule has 4 rings (SSSR count). The third kappa shape index (κ3) is 3.96. The molecule has 3 aromatic rings. The molecule has 0 atom stereocenters. The molecule has 29 heavy (non-hydrogen) atoms. The fourth-order valence-corrected chi connectivity index (χ4v) is 2.91. The van der Waals surface area contributed by atoms with Gasteiger partial charge in [0.05, 0.1) is 24.7 Å². The third-order valence-electron chi connectivity index (χ3n) is 4.29. The highest BCUT2D eigenvalue weighted by Gasteiger charge is 2.25. The van der Waals surface area contributed by atoms with Crippen LogP contribution >= 0.6 is 0 Å². The van der Waals surface area contributed by atoms with Gasteiger partial charge < -0.3 is 4.74 Å². The first-order chi connectivity index (χ1) is 14.1. The Kier molecular flexibility index (Phi) is 4.99. The van der Waals surface area contributed by atoms with E-state index >= 15 is 0 Å². The quantitative estimate of drug-likeness (QED) is 0.491. The number of ether oxygens (including phenoxy) is 1. The van der Waals surface area contributed by atoms with Crippen molar-refractivity contribution >= 4 is 17.9 Å². The van der Waals surface area contributed by atoms with E-state index in [-0.39, 0.29) is 17.4 Å². The highest BCUT2D eigenvalue weighted by atomic mass is 19.1. The molecule has 1 aliphatic rings. The second-order valence-corrected chi connectivity index (χ2v) is 6.31. The Balaban J connectivity index is 1.74. The molecule has 6 nitrogen and oxygen atoms in total. The number of nitrogens with zero attached hydrogens (tertiary/aromatic N) is 4. The molecule has 0 fully saturated rings. The maximum Gasteiger partial charge on any atom is 0.363 e. The van der Waals surface area contributed by atoms with E-state index in [1.165, 1.54) is 12.1 Å². The van der Waals surface area contributed by atoms with Crippen LogP contribution < -0.4 is 0 Å². The fraction of sp³-hybridized carbons (Fsp3) is 0.0909. The van der Waals surface area contributed by atoms with E-state index in [9.17, 15) is 9.18 Å². The summed E-state index contributed by atoms with van der Waals surface area (Å²) in [7, 11) is 0. The van der Waals surface area contributed by atoms with Crippen LogP contribution in [0.2, 0.25) is 0 Å². The summed E-state index contributed by atoms with van der Waals surface area (Å²) in [6, 6.07) is 17.1. The van der Waals surface area contributed by atoms with Crippen molar-refractivity contribution in [3.8, 4) is 17.3 Å². The van der Waals surface area contributed by atoms with Crippen molar-refractivity contribution in [3.63, 3.8) is 0 Å². The Hall–Kier alpha value is -4.05. The summed E-state index contributed by atoms with van der Waals surface area (Å²) in [5, 5.41) is 13.3. The van der Waals surface area contributed by atoms with Gasteiger partial charge in [-0.25, -0.2) is 14.2 Å².